The van der Waals surface area contributed by atoms with Crippen LogP contribution < -0.4 is 16.0 Å². The zero-order valence-electron chi connectivity index (χ0n) is 21.9. The summed E-state index contributed by atoms with van der Waals surface area (Å²) in [5.74, 6) is 0.324. The minimum Gasteiger partial charge on any atom is -0.454 e. The first-order valence-corrected chi connectivity index (χ1v) is 12.8. The number of nitrogens with two attached hydrogens (primary N) is 1. The second kappa shape index (κ2) is 11.1. The maximum absolute atomic E-state index is 14.0. The third kappa shape index (κ3) is 5.56. The number of piperidine rings is 1. The maximum Gasteiger partial charge on any atom is 0.288 e. The number of carbonyl (C=O) groups excluding carboxylic acids is 1. The van der Waals surface area contributed by atoms with Gasteiger partial charge in [0.1, 0.15) is 11.3 Å². The van der Waals surface area contributed by atoms with Crippen molar-refractivity contribution in [2.45, 2.75) is 18.9 Å². The monoisotopic (exact) mass is 530 g/mol. The number of halogens is 1. The van der Waals surface area contributed by atoms with E-state index in [1.165, 1.54) is 6.07 Å². The summed E-state index contributed by atoms with van der Waals surface area (Å²) in [7, 11) is 3.89. The number of para-hydroxylation sites is 1. The number of nitrogens with zero attached hydrogens (tertiary/aromatic N) is 4. The van der Waals surface area contributed by atoms with Crippen molar-refractivity contribution >= 4 is 22.6 Å². The number of likely N-dealkylation sites (N-methyl/N-ethyl adjacent to an activating group) is 1. The summed E-state index contributed by atoms with van der Waals surface area (Å²) in [5, 5.41) is 7.06. The lowest BCUT2D eigenvalue weighted by atomic mass is 10.1. The molecular weight excluding hydrogens is 499 g/mol. The van der Waals surface area contributed by atoms with Crippen LogP contribution in [0, 0.1) is 5.82 Å². The van der Waals surface area contributed by atoms with Crippen molar-refractivity contribution in [3.8, 4) is 22.6 Å². The highest BCUT2D eigenvalue weighted by molar-refractivity contribution is 6.02. The summed E-state index contributed by atoms with van der Waals surface area (Å²) in [6, 6.07) is 13.3. The van der Waals surface area contributed by atoms with Crippen LogP contribution in [0.15, 0.2) is 71.7 Å². The van der Waals surface area contributed by atoms with Crippen LogP contribution in [0.2, 0.25) is 0 Å². The van der Waals surface area contributed by atoms with Crippen LogP contribution >= 0.6 is 0 Å². The van der Waals surface area contributed by atoms with Crippen LogP contribution in [0.1, 0.15) is 18.9 Å². The fourth-order valence-corrected chi connectivity index (χ4v) is 4.95. The van der Waals surface area contributed by atoms with E-state index in [-0.39, 0.29) is 29.1 Å². The van der Waals surface area contributed by atoms with E-state index in [9.17, 15) is 14.0 Å². The van der Waals surface area contributed by atoms with Gasteiger partial charge in [0.2, 0.25) is 5.91 Å². The van der Waals surface area contributed by atoms with Gasteiger partial charge in [-0.15, -0.1) is 0 Å². The summed E-state index contributed by atoms with van der Waals surface area (Å²) >= 11 is 0. The molecule has 0 bridgehead atoms. The molecule has 5 rings (SSSR count). The zero-order chi connectivity index (χ0) is 27.5. The van der Waals surface area contributed by atoms with Gasteiger partial charge in [-0.1, -0.05) is 30.3 Å². The molecule has 2 aromatic carbocycles. The topological polar surface area (TPSA) is 109 Å². The molecule has 4 aromatic rings. The van der Waals surface area contributed by atoms with E-state index >= 15 is 0 Å². The van der Waals surface area contributed by atoms with E-state index in [0.29, 0.717) is 36.3 Å². The van der Waals surface area contributed by atoms with E-state index in [2.05, 4.69) is 10.2 Å². The lowest BCUT2D eigenvalue weighted by Gasteiger charge is -2.33. The molecule has 1 saturated heterocycles. The molecule has 1 atom stereocenters. The van der Waals surface area contributed by atoms with Gasteiger partial charge in [-0.05, 0) is 56.8 Å². The first-order valence-electron chi connectivity index (χ1n) is 12.8. The normalized spacial score (nSPS) is 15.9. The molecule has 1 aliphatic heterocycles. The molecular formula is C29H31FN6O3. The average Bonchev–Trinajstić information content (AvgIpc) is 3.34. The van der Waals surface area contributed by atoms with Crippen molar-refractivity contribution in [2.75, 3.05) is 39.5 Å². The van der Waals surface area contributed by atoms with E-state index in [4.69, 9.17) is 10.5 Å². The number of nitrogens with one attached hydrogen (secondary N) is 1. The van der Waals surface area contributed by atoms with Gasteiger partial charge in [-0.25, -0.2) is 9.49 Å². The van der Waals surface area contributed by atoms with Gasteiger partial charge < -0.3 is 24.8 Å². The molecule has 0 unspecified atom stereocenters. The molecule has 10 heteroatoms. The number of fused-ring (bicyclic) bond motifs is 1. The third-order valence-electron chi connectivity index (χ3n) is 6.84. The Morgan fingerprint density at radius 3 is 2.74 bits per heavy atom. The number of aromatic nitrogens is 3. The van der Waals surface area contributed by atoms with Gasteiger partial charge in [0.05, 0.1) is 11.4 Å². The van der Waals surface area contributed by atoms with Crippen molar-refractivity contribution in [1.82, 2.24) is 24.6 Å². The Labute approximate surface area is 225 Å². The molecule has 0 saturated carbocycles. The minimum atomic E-state index is -0.448. The number of aromatic amines is 1. The van der Waals surface area contributed by atoms with Crippen LogP contribution in [-0.2, 0) is 4.79 Å². The highest BCUT2D eigenvalue weighted by Crippen LogP contribution is 2.36. The SMILES string of the molecule is CN(C)C/C=C/C(=O)N1CCC[C@@H](n2cc(-c3ccc(Oc4ccccc4F)cc3)c3c(N)n[nH]c(=O)c32)C1. The second-order valence-electron chi connectivity index (χ2n) is 9.91. The van der Waals surface area contributed by atoms with E-state index in [1.807, 2.05) is 52.9 Å². The van der Waals surface area contributed by atoms with Gasteiger partial charge >= 0.3 is 0 Å². The largest absolute Gasteiger partial charge is 0.454 e. The predicted molar refractivity (Wildman–Crippen MR) is 149 cm³/mol. The second-order valence-corrected chi connectivity index (χ2v) is 9.91. The molecule has 0 aliphatic carbocycles. The highest BCUT2D eigenvalue weighted by atomic mass is 19.1. The molecule has 3 heterocycles. The molecule has 39 heavy (non-hydrogen) atoms. The van der Waals surface area contributed by atoms with E-state index in [0.717, 1.165) is 24.0 Å². The molecule has 1 aliphatic rings. The number of likely N-dealkylation sites (tertiary alicyclic amines) is 1. The van der Waals surface area contributed by atoms with Crippen LogP contribution in [-0.4, -0.2) is 64.2 Å². The summed E-state index contributed by atoms with van der Waals surface area (Å²) in [6.45, 7) is 1.82. The van der Waals surface area contributed by atoms with E-state index in [1.54, 1.807) is 36.4 Å². The zero-order valence-corrected chi connectivity index (χ0v) is 21.9. The molecule has 0 spiro atoms. The Kier molecular flexibility index (Phi) is 7.47. The summed E-state index contributed by atoms with van der Waals surface area (Å²) in [5.41, 5.74) is 7.89. The lowest BCUT2D eigenvalue weighted by molar-refractivity contribution is -0.127. The number of amides is 1. The molecule has 1 amide bonds. The van der Waals surface area contributed by atoms with Gasteiger partial charge in [-0.3, -0.25) is 9.59 Å². The Morgan fingerprint density at radius 2 is 2.00 bits per heavy atom. The van der Waals surface area contributed by atoms with Gasteiger partial charge in [0.15, 0.2) is 17.4 Å². The number of hydrogen-bond donors (Lipinski definition) is 2. The number of nitrogen functional groups attached to an aromatic ring is 1. The molecule has 1 fully saturated rings. The average molecular weight is 531 g/mol. The molecule has 9 nitrogen and oxygen atoms in total. The Hall–Kier alpha value is -4.44. The molecule has 2 aromatic heterocycles. The van der Waals surface area contributed by atoms with Gasteiger partial charge in [-0.2, -0.15) is 5.10 Å². The van der Waals surface area contributed by atoms with Crippen molar-refractivity contribution < 1.29 is 13.9 Å². The molecule has 0 radical (unpaired) electrons. The maximum atomic E-state index is 14.0. The standard InChI is InChI=1S/C29H31FN6O3/c1-34(2)15-6-10-25(37)35-16-5-7-20(17-35)36-18-22(26-27(36)29(38)33-32-28(26)31)19-11-13-21(14-12-19)39-24-9-4-3-8-23(24)30/h3-4,6,8-14,18,20H,5,7,15-17H2,1-2H3,(H2,31,32)(H,33,38)/b10-6+/t20-/m1/s1. The van der Waals surface area contributed by atoms with Crippen molar-refractivity contribution in [3.63, 3.8) is 0 Å². The first kappa shape index (κ1) is 26.2. The number of benzene rings is 2. The number of ether oxygens (including phenoxy) is 1. The summed E-state index contributed by atoms with van der Waals surface area (Å²) < 4.78 is 21.6. The smallest absolute Gasteiger partial charge is 0.288 e. The van der Waals surface area contributed by atoms with Crippen molar-refractivity contribution in [2.24, 2.45) is 0 Å². The Morgan fingerprint density at radius 1 is 1.23 bits per heavy atom. The van der Waals surface area contributed by atoms with Gasteiger partial charge in [0.25, 0.3) is 5.56 Å². The third-order valence-corrected chi connectivity index (χ3v) is 6.84. The fourth-order valence-electron chi connectivity index (χ4n) is 4.95. The van der Waals surface area contributed by atoms with Gasteiger partial charge in [0, 0.05) is 37.5 Å². The van der Waals surface area contributed by atoms with Crippen molar-refractivity contribution in [3.05, 3.63) is 83.1 Å². The number of hydrogen-bond acceptors (Lipinski definition) is 6. The summed E-state index contributed by atoms with van der Waals surface area (Å²) in [6.07, 6.45) is 7.00. The fraction of sp³-hybridized carbons (Fsp3) is 0.276. The summed E-state index contributed by atoms with van der Waals surface area (Å²) in [4.78, 5) is 29.6. The number of H-pyrrole nitrogens is 1. The number of anilines is 1. The van der Waals surface area contributed by atoms with Crippen LogP contribution in [0.3, 0.4) is 0 Å². The Bertz CT molecular complexity index is 1570. The van der Waals surface area contributed by atoms with Crippen LogP contribution in [0.25, 0.3) is 22.0 Å². The van der Waals surface area contributed by atoms with Crippen molar-refractivity contribution in [1.29, 1.82) is 0 Å². The lowest BCUT2D eigenvalue weighted by Crippen LogP contribution is -2.40. The predicted octanol–water partition coefficient (Wildman–Crippen LogP) is 4.19. The number of carbonyl (C=O) groups is 1. The van der Waals surface area contributed by atoms with E-state index < -0.39 is 5.82 Å². The first-order chi connectivity index (χ1) is 18.8. The highest BCUT2D eigenvalue weighted by Gasteiger charge is 2.27. The van der Waals surface area contributed by atoms with Crippen LogP contribution in [0.5, 0.6) is 11.5 Å². The minimum absolute atomic E-state index is 0.0428. The van der Waals surface area contributed by atoms with Crippen LogP contribution in [0.4, 0.5) is 10.2 Å². The quantitative estimate of drug-likeness (QED) is 0.347. The number of rotatable bonds is 7. The molecule has 202 valence electrons. The Balaban J connectivity index is 1.46. The molecule has 3 N–H and O–H groups in total.